The Morgan fingerprint density at radius 2 is 1.80 bits per heavy atom. The number of allylic oxidation sites excluding steroid dienone is 2. The first-order chi connectivity index (χ1) is 12.1. The summed E-state index contributed by atoms with van der Waals surface area (Å²) in [7, 11) is 0. The fraction of sp³-hybridized carbons (Fsp3) is 0.526. The lowest BCUT2D eigenvalue weighted by Gasteiger charge is -2.38. The number of hydrogen-bond donors (Lipinski definition) is 0. The fourth-order valence-corrected chi connectivity index (χ4v) is 5.88. The van der Waals surface area contributed by atoms with E-state index in [0.29, 0.717) is 13.1 Å². The summed E-state index contributed by atoms with van der Waals surface area (Å²) in [5, 5.41) is 2.06. The second-order valence-corrected chi connectivity index (χ2v) is 8.54. The molecule has 0 spiro atoms. The van der Waals surface area contributed by atoms with Gasteiger partial charge in [-0.1, -0.05) is 12.2 Å². The van der Waals surface area contributed by atoms with Gasteiger partial charge in [0.1, 0.15) is 6.54 Å². The number of nitrogens with zero attached hydrogens (tertiary/aromatic N) is 2. The van der Waals surface area contributed by atoms with Gasteiger partial charge >= 0.3 is 0 Å². The Morgan fingerprint density at radius 3 is 2.44 bits per heavy atom. The number of carbonyl (C=O) groups is 3. The highest BCUT2D eigenvalue weighted by Gasteiger charge is 2.56. The molecule has 5 nitrogen and oxygen atoms in total. The molecule has 3 heterocycles. The van der Waals surface area contributed by atoms with Crippen LogP contribution in [0.15, 0.2) is 23.6 Å². The second kappa shape index (κ2) is 5.53. The summed E-state index contributed by atoms with van der Waals surface area (Å²) in [4.78, 5) is 42.7. The molecule has 3 aliphatic carbocycles. The molecule has 130 valence electrons. The van der Waals surface area contributed by atoms with E-state index in [4.69, 9.17) is 0 Å². The maximum Gasteiger partial charge on any atom is 0.243 e. The maximum atomic E-state index is 12.8. The number of rotatable bonds is 2. The molecule has 3 amide bonds. The summed E-state index contributed by atoms with van der Waals surface area (Å²) in [5.41, 5.74) is 1.19. The van der Waals surface area contributed by atoms with Gasteiger partial charge in [-0.25, -0.2) is 0 Å². The van der Waals surface area contributed by atoms with Gasteiger partial charge in [-0.05, 0) is 48.1 Å². The third-order valence-corrected chi connectivity index (χ3v) is 7.33. The molecule has 4 unspecified atom stereocenters. The molecule has 1 aromatic heterocycles. The predicted octanol–water partition coefficient (Wildman–Crippen LogP) is 1.83. The van der Waals surface area contributed by atoms with Crippen molar-refractivity contribution in [3.8, 4) is 0 Å². The molecule has 2 bridgehead atoms. The Balaban J connectivity index is 1.32. The van der Waals surface area contributed by atoms with Gasteiger partial charge in [0.05, 0.1) is 11.8 Å². The number of hydrogen-bond acceptors (Lipinski definition) is 4. The van der Waals surface area contributed by atoms with Crippen molar-refractivity contribution in [2.45, 2.75) is 25.8 Å². The molecule has 25 heavy (non-hydrogen) atoms. The van der Waals surface area contributed by atoms with Gasteiger partial charge in [0, 0.05) is 18.0 Å². The third-order valence-electron chi connectivity index (χ3n) is 6.30. The minimum atomic E-state index is -0.228. The molecule has 6 heteroatoms. The quantitative estimate of drug-likeness (QED) is 0.600. The van der Waals surface area contributed by atoms with Crippen LogP contribution in [-0.4, -0.2) is 40.6 Å². The minimum Gasteiger partial charge on any atom is -0.336 e. The first kappa shape index (κ1) is 15.3. The molecule has 1 saturated carbocycles. The summed E-state index contributed by atoms with van der Waals surface area (Å²) >= 11 is 1.73. The first-order valence-corrected chi connectivity index (χ1v) is 9.88. The smallest absolute Gasteiger partial charge is 0.243 e. The highest BCUT2D eigenvalue weighted by atomic mass is 32.1. The van der Waals surface area contributed by atoms with Crippen LogP contribution < -0.4 is 0 Å². The summed E-state index contributed by atoms with van der Waals surface area (Å²) in [6.07, 6.45) is 7.04. The number of imide groups is 1. The maximum absolute atomic E-state index is 12.8. The largest absolute Gasteiger partial charge is 0.336 e. The molecule has 4 atom stereocenters. The molecule has 2 aliphatic heterocycles. The van der Waals surface area contributed by atoms with E-state index in [0.717, 1.165) is 19.3 Å². The molecule has 2 fully saturated rings. The van der Waals surface area contributed by atoms with Crippen LogP contribution in [0.2, 0.25) is 0 Å². The van der Waals surface area contributed by atoms with Gasteiger partial charge in [-0.2, -0.15) is 0 Å². The van der Waals surface area contributed by atoms with Crippen molar-refractivity contribution < 1.29 is 14.4 Å². The summed E-state index contributed by atoms with van der Waals surface area (Å²) in [6.45, 7) is 1.17. The number of thiophene rings is 1. The topological polar surface area (TPSA) is 57.7 Å². The zero-order chi connectivity index (χ0) is 17.1. The molecule has 1 saturated heterocycles. The summed E-state index contributed by atoms with van der Waals surface area (Å²) < 4.78 is 0. The fourth-order valence-electron chi connectivity index (χ4n) is 4.99. The standard InChI is InChI=1S/C19H20N2O3S/c22-15(20-7-5-14-13(9-20)6-8-25-14)10-21-18(23)16-11-1-2-12(4-3-11)17(16)19(21)24/h1-2,6,8,11-12,16-17H,3-5,7,9-10H2. The number of likely N-dealkylation sites (tertiary alicyclic amines) is 1. The first-order valence-electron chi connectivity index (χ1n) is 9.00. The van der Waals surface area contributed by atoms with Crippen LogP contribution in [-0.2, 0) is 27.3 Å². The average Bonchev–Trinajstić information content (AvgIpc) is 3.21. The number of fused-ring (bicyclic) bond motifs is 2. The Bertz CT molecular complexity index is 766. The molecule has 5 aliphatic rings. The van der Waals surface area contributed by atoms with Crippen molar-refractivity contribution in [2.24, 2.45) is 23.7 Å². The van der Waals surface area contributed by atoms with Gasteiger partial charge in [0.15, 0.2) is 0 Å². The van der Waals surface area contributed by atoms with Gasteiger partial charge < -0.3 is 4.90 Å². The van der Waals surface area contributed by atoms with Crippen LogP contribution in [0.3, 0.4) is 0 Å². The average molecular weight is 356 g/mol. The van der Waals surface area contributed by atoms with Crippen molar-refractivity contribution in [1.82, 2.24) is 9.80 Å². The summed E-state index contributed by atoms with van der Waals surface area (Å²) in [6, 6.07) is 2.06. The van der Waals surface area contributed by atoms with Gasteiger partial charge in [0.25, 0.3) is 0 Å². The Hall–Kier alpha value is -1.95. The lowest BCUT2D eigenvalue weighted by molar-refractivity contribution is -0.147. The lowest BCUT2D eigenvalue weighted by Crippen LogP contribution is -2.44. The SMILES string of the molecule is O=C(CN1C(=O)C2C3C=CC(CC3)C2C1=O)N1CCc2sccc2C1. The Kier molecular flexibility index (Phi) is 3.39. The van der Waals surface area contributed by atoms with E-state index in [1.165, 1.54) is 15.3 Å². The van der Waals surface area contributed by atoms with E-state index in [2.05, 4.69) is 23.6 Å². The third kappa shape index (κ3) is 2.23. The van der Waals surface area contributed by atoms with Crippen molar-refractivity contribution >= 4 is 29.1 Å². The van der Waals surface area contributed by atoms with E-state index in [1.54, 1.807) is 16.2 Å². The van der Waals surface area contributed by atoms with Crippen LogP contribution in [0.25, 0.3) is 0 Å². The Labute approximate surface area is 150 Å². The molecule has 0 aromatic carbocycles. The van der Waals surface area contributed by atoms with Crippen molar-refractivity contribution in [3.05, 3.63) is 34.0 Å². The van der Waals surface area contributed by atoms with Crippen molar-refractivity contribution in [1.29, 1.82) is 0 Å². The van der Waals surface area contributed by atoms with E-state index >= 15 is 0 Å². The number of amides is 3. The molecule has 0 N–H and O–H groups in total. The molecule has 1 aromatic rings. The predicted molar refractivity (Wildman–Crippen MR) is 92.5 cm³/mol. The summed E-state index contributed by atoms with van der Waals surface area (Å²) in [5.74, 6) is -0.476. The lowest BCUT2D eigenvalue weighted by atomic mass is 9.63. The van der Waals surface area contributed by atoms with E-state index in [9.17, 15) is 14.4 Å². The van der Waals surface area contributed by atoms with Crippen LogP contribution in [0.1, 0.15) is 23.3 Å². The second-order valence-electron chi connectivity index (χ2n) is 7.54. The molecular weight excluding hydrogens is 336 g/mol. The van der Waals surface area contributed by atoms with E-state index in [-0.39, 0.29) is 47.9 Å². The Morgan fingerprint density at radius 1 is 1.12 bits per heavy atom. The molecule has 0 radical (unpaired) electrons. The van der Waals surface area contributed by atoms with Crippen LogP contribution in [0, 0.1) is 23.7 Å². The normalized spacial score (nSPS) is 33.0. The molecular formula is C19H20N2O3S. The minimum absolute atomic E-state index is 0.0937. The highest BCUT2D eigenvalue weighted by Crippen LogP contribution is 2.49. The number of carbonyl (C=O) groups excluding carboxylic acids is 3. The van der Waals surface area contributed by atoms with Crippen molar-refractivity contribution in [3.63, 3.8) is 0 Å². The van der Waals surface area contributed by atoms with Gasteiger partial charge in [-0.3, -0.25) is 19.3 Å². The van der Waals surface area contributed by atoms with Crippen LogP contribution >= 0.6 is 11.3 Å². The van der Waals surface area contributed by atoms with Crippen molar-refractivity contribution in [2.75, 3.05) is 13.1 Å². The zero-order valence-electron chi connectivity index (χ0n) is 13.9. The zero-order valence-corrected chi connectivity index (χ0v) is 14.7. The monoisotopic (exact) mass is 356 g/mol. The van der Waals surface area contributed by atoms with Crippen LogP contribution in [0.4, 0.5) is 0 Å². The molecule has 6 rings (SSSR count). The van der Waals surface area contributed by atoms with Gasteiger partial charge in [0.2, 0.25) is 17.7 Å². The van der Waals surface area contributed by atoms with Crippen LogP contribution in [0.5, 0.6) is 0 Å². The van der Waals surface area contributed by atoms with Gasteiger partial charge in [-0.15, -0.1) is 11.3 Å². The van der Waals surface area contributed by atoms with E-state index < -0.39 is 0 Å². The highest BCUT2D eigenvalue weighted by molar-refractivity contribution is 7.10. The van der Waals surface area contributed by atoms with E-state index in [1.807, 2.05) is 0 Å².